The maximum absolute atomic E-state index is 12.3. The second kappa shape index (κ2) is 6.37. The minimum absolute atomic E-state index is 0.109. The van der Waals surface area contributed by atoms with E-state index in [4.69, 9.17) is 4.98 Å². The number of carbonyl (C=O) groups is 1. The first-order valence-electron chi connectivity index (χ1n) is 9.04. The molecular formula is C20H20N4OS. The number of nitrogens with zero attached hydrogens (tertiary/aromatic N) is 2. The zero-order chi connectivity index (χ0) is 17.5. The highest BCUT2D eigenvalue weighted by molar-refractivity contribution is 7.12. The van der Waals surface area contributed by atoms with Gasteiger partial charge in [-0.25, -0.2) is 4.98 Å². The van der Waals surface area contributed by atoms with Gasteiger partial charge in [0, 0.05) is 24.3 Å². The highest BCUT2D eigenvalue weighted by atomic mass is 32.1. The van der Waals surface area contributed by atoms with Crippen molar-refractivity contribution in [2.45, 2.75) is 25.3 Å². The fourth-order valence-electron chi connectivity index (χ4n) is 4.05. The maximum atomic E-state index is 12.3. The number of thiophene rings is 1. The monoisotopic (exact) mass is 364 g/mol. The average molecular weight is 364 g/mol. The summed E-state index contributed by atoms with van der Waals surface area (Å²) in [5, 5.41) is 4.81. The van der Waals surface area contributed by atoms with Crippen molar-refractivity contribution < 1.29 is 4.79 Å². The Morgan fingerprint density at radius 3 is 3.19 bits per heavy atom. The normalized spacial score (nSPS) is 20.2. The number of H-pyrrole nitrogens is 1. The van der Waals surface area contributed by atoms with Crippen LogP contribution < -0.4 is 5.32 Å². The van der Waals surface area contributed by atoms with E-state index < -0.39 is 0 Å². The van der Waals surface area contributed by atoms with Gasteiger partial charge in [-0.05, 0) is 55.0 Å². The third kappa shape index (κ3) is 2.75. The minimum atomic E-state index is -0.109. The fraction of sp³-hybridized carbons (Fsp3) is 0.300. The number of fused-ring (bicyclic) bond motifs is 2. The molecule has 1 atom stereocenters. The summed E-state index contributed by atoms with van der Waals surface area (Å²) < 4.78 is 0. The standard InChI is InChI=1S/C20H20N4OS/c25-20(17-4-2-10-26-17)23-18-6-5-16-19(22-18)15(12-21-16)13-7-9-24-8-1-3-14(24)11-13/h2,4-7,10,12,14,21H,1,3,8-9,11H2,(H,22,23,25). The summed E-state index contributed by atoms with van der Waals surface area (Å²) in [6, 6.07) is 8.20. The van der Waals surface area contributed by atoms with Crippen LogP contribution in [0.5, 0.6) is 0 Å². The summed E-state index contributed by atoms with van der Waals surface area (Å²) in [5.74, 6) is 0.484. The van der Waals surface area contributed by atoms with Crippen LogP contribution in [-0.2, 0) is 0 Å². The predicted molar refractivity (Wildman–Crippen MR) is 106 cm³/mol. The Hall–Kier alpha value is -2.44. The van der Waals surface area contributed by atoms with Crippen molar-refractivity contribution in [3.63, 3.8) is 0 Å². The second-order valence-corrected chi connectivity index (χ2v) is 7.90. The molecule has 5 rings (SSSR count). The van der Waals surface area contributed by atoms with Crippen LogP contribution in [0, 0.1) is 0 Å². The first-order chi connectivity index (χ1) is 12.8. The van der Waals surface area contributed by atoms with E-state index in [9.17, 15) is 4.79 Å². The van der Waals surface area contributed by atoms with Crippen molar-refractivity contribution in [3.8, 4) is 0 Å². The number of amides is 1. The van der Waals surface area contributed by atoms with Crippen molar-refractivity contribution in [1.29, 1.82) is 0 Å². The molecular weight excluding hydrogens is 344 g/mol. The van der Waals surface area contributed by atoms with Crippen LogP contribution in [0.3, 0.4) is 0 Å². The van der Waals surface area contributed by atoms with Crippen LogP contribution in [-0.4, -0.2) is 39.9 Å². The maximum Gasteiger partial charge on any atom is 0.266 e. The first kappa shape index (κ1) is 15.8. The molecule has 0 aromatic carbocycles. The lowest BCUT2D eigenvalue weighted by Crippen LogP contribution is -2.32. The molecule has 0 aliphatic carbocycles. The Morgan fingerprint density at radius 1 is 1.35 bits per heavy atom. The molecule has 1 amide bonds. The summed E-state index contributed by atoms with van der Waals surface area (Å²) in [7, 11) is 0. The largest absolute Gasteiger partial charge is 0.359 e. The van der Waals surface area contributed by atoms with E-state index in [1.165, 1.54) is 41.9 Å². The van der Waals surface area contributed by atoms with E-state index in [0.29, 0.717) is 16.7 Å². The molecule has 2 aliphatic heterocycles. The van der Waals surface area contributed by atoms with Crippen LogP contribution in [0.4, 0.5) is 5.82 Å². The van der Waals surface area contributed by atoms with Crippen LogP contribution in [0.2, 0.25) is 0 Å². The molecule has 0 saturated carbocycles. The number of hydrogen-bond acceptors (Lipinski definition) is 4. The van der Waals surface area contributed by atoms with E-state index in [2.05, 4.69) is 27.5 Å². The van der Waals surface area contributed by atoms with Gasteiger partial charge in [-0.3, -0.25) is 9.69 Å². The number of aromatic amines is 1. The molecule has 1 fully saturated rings. The Morgan fingerprint density at radius 2 is 2.31 bits per heavy atom. The molecule has 0 bridgehead atoms. The van der Waals surface area contributed by atoms with Gasteiger partial charge in [0.25, 0.3) is 5.91 Å². The molecule has 0 radical (unpaired) electrons. The highest BCUT2D eigenvalue weighted by Gasteiger charge is 2.28. The highest BCUT2D eigenvalue weighted by Crippen LogP contribution is 2.34. The third-order valence-electron chi connectivity index (χ3n) is 5.38. The van der Waals surface area contributed by atoms with Crippen molar-refractivity contribution >= 4 is 39.7 Å². The second-order valence-electron chi connectivity index (χ2n) is 6.95. The van der Waals surface area contributed by atoms with Gasteiger partial charge < -0.3 is 10.3 Å². The molecule has 5 heterocycles. The molecule has 1 unspecified atom stereocenters. The fourth-order valence-corrected chi connectivity index (χ4v) is 4.67. The molecule has 3 aromatic rings. The lowest BCUT2D eigenvalue weighted by Gasteiger charge is -2.28. The Balaban J connectivity index is 1.45. The van der Waals surface area contributed by atoms with E-state index in [1.54, 1.807) is 0 Å². The van der Waals surface area contributed by atoms with Gasteiger partial charge in [-0.2, -0.15) is 0 Å². The van der Waals surface area contributed by atoms with E-state index in [1.807, 2.05) is 29.6 Å². The molecule has 2 aliphatic rings. The molecule has 1 saturated heterocycles. The first-order valence-corrected chi connectivity index (χ1v) is 9.92. The number of anilines is 1. The van der Waals surface area contributed by atoms with E-state index in [0.717, 1.165) is 24.0 Å². The number of hydrogen-bond donors (Lipinski definition) is 2. The predicted octanol–water partition coefficient (Wildman–Crippen LogP) is 4.13. The van der Waals surface area contributed by atoms with Crippen molar-refractivity contribution in [3.05, 3.63) is 52.4 Å². The van der Waals surface area contributed by atoms with Gasteiger partial charge in [0.1, 0.15) is 5.82 Å². The number of nitrogens with one attached hydrogen (secondary N) is 2. The number of aromatic nitrogens is 2. The molecule has 5 nitrogen and oxygen atoms in total. The lowest BCUT2D eigenvalue weighted by molar-refractivity contribution is 0.103. The topological polar surface area (TPSA) is 61.0 Å². The summed E-state index contributed by atoms with van der Waals surface area (Å²) >= 11 is 1.43. The van der Waals surface area contributed by atoms with Gasteiger partial charge >= 0.3 is 0 Å². The van der Waals surface area contributed by atoms with Crippen molar-refractivity contribution in [1.82, 2.24) is 14.9 Å². The molecule has 26 heavy (non-hydrogen) atoms. The zero-order valence-corrected chi connectivity index (χ0v) is 15.2. The van der Waals surface area contributed by atoms with Crippen LogP contribution >= 0.6 is 11.3 Å². The van der Waals surface area contributed by atoms with Gasteiger partial charge in [0.2, 0.25) is 0 Å². The van der Waals surface area contributed by atoms with Crippen molar-refractivity contribution in [2.75, 3.05) is 18.4 Å². The van der Waals surface area contributed by atoms with Gasteiger partial charge in [-0.15, -0.1) is 11.3 Å². The lowest BCUT2D eigenvalue weighted by atomic mass is 9.95. The summed E-state index contributed by atoms with van der Waals surface area (Å²) in [6.45, 7) is 2.25. The van der Waals surface area contributed by atoms with Gasteiger partial charge in [0.05, 0.1) is 15.9 Å². The third-order valence-corrected chi connectivity index (χ3v) is 6.25. The van der Waals surface area contributed by atoms with Crippen LogP contribution in [0.1, 0.15) is 34.5 Å². The van der Waals surface area contributed by atoms with Crippen LogP contribution in [0.25, 0.3) is 16.6 Å². The van der Waals surface area contributed by atoms with Gasteiger partial charge in [0.15, 0.2) is 0 Å². The number of carbonyl (C=O) groups excluding carboxylic acids is 1. The van der Waals surface area contributed by atoms with E-state index >= 15 is 0 Å². The summed E-state index contributed by atoms with van der Waals surface area (Å²) in [5.41, 5.74) is 4.47. The summed E-state index contributed by atoms with van der Waals surface area (Å²) in [4.78, 5) is 23.6. The molecule has 0 spiro atoms. The Labute approximate surface area is 155 Å². The van der Waals surface area contributed by atoms with E-state index in [-0.39, 0.29) is 5.91 Å². The number of pyridine rings is 1. The van der Waals surface area contributed by atoms with Gasteiger partial charge in [-0.1, -0.05) is 12.1 Å². The Kier molecular flexibility index (Phi) is 3.87. The SMILES string of the molecule is O=C(Nc1ccc2[nH]cc(C3=CCN4CCCC4C3)c2n1)c1cccs1. The van der Waals surface area contributed by atoms with Crippen LogP contribution in [0.15, 0.2) is 41.9 Å². The average Bonchev–Trinajstić information content (AvgIpc) is 3.40. The smallest absolute Gasteiger partial charge is 0.266 e. The van der Waals surface area contributed by atoms with Crippen molar-refractivity contribution in [2.24, 2.45) is 0 Å². The quantitative estimate of drug-likeness (QED) is 0.735. The Bertz CT molecular complexity index is 989. The molecule has 2 N–H and O–H groups in total. The number of rotatable bonds is 3. The molecule has 3 aromatic heterocycles. The summed E-state index contributed by atoms with van der Waals surface area (Å²) in [6.07, 6.45) is 8.06. The molecule has 6 heteroatoms. The zero-order valence-electron chi connectivity index (χ0n) is 14.4. The minimum Gasteiger partial charge on any atom is -0.359 e. The molecule has 132 valence electrons.